The highest BCUT2D eigenvalue weighted by Crippen LogP contribution is 2.28. The SMILES string of the molecule is CCc1ccc2oc(-c3ccc(C)c(NC(=S)NC(=O)CSc4ccc(Cl)cc4)c3)nc2c1. The molecular formula is C25H22ClN3O2S2. The number of carbonyl (C=O) groups excluding carboxylic acids is 1. The minimum atomic E-state index is -0.188. The summed E-state index contributed by atoms with van der Waals surface area (Å²) in [5.74, 6) is 0.591. The van der Waals surface area contributed by atoms with E-state index in [-0.39, 0.29) is 16.8 Å². The predicted molar refractivity (Wildman–Crippen MR) is 140 cm³/mol. The lowest BCUT2D eigenvalue weighted by atomic mass is 10.1. The van der Waals surface area contributed by atoms with Crippen molar-refractivity contribution in [3.05, 3.63) is 76.8 Å². The van der Waals surface area contributed by atoms with Crippen molar-refractivity contribution < 1.29 is 9.21 Å². The van der Waals surface area contributed by atoms with Gasteiger partial charge in [0.15, 0.2) is 10.7 Å². The molecule has 5 nitrogen and oxygen atoms in total. The number of thioether (sulfide) groups is 1. The Balaban J connectivity index is 1.41. The van der Waals surface area contributed by atoms with Gasteiger partial charge in [0.05, 0.1) is 5.75 Å². The average molecular weight is 496 g/mol. The van der Waals surface area contributed by atoms with Crippen molar-refractivity contribution in [2.75, 3.05) is 11.1 Å². The number of rotatable bonds is 6. The van der Waals surface area contributed by atoms with Crippen LogP contribution in [0.5, 0.6) is 0 Å². The van der Waals surface area contributed by atoms with E-state index in [1.165, 1.54) is 17.3 Å². The first-order chi connectivity index (χ1) is 15.9. The number of halogens is 1. The zero-order chi connectivity index (χ0) is 23.4. The van der Waals surface area contributed by atoms with Crippen molar-refractivity contribution >= 4 is 63.4 Å². The second-order valence-electron chi connectivity index (χ2n) is 7.45. The number of aryl methyl sites for hydroxylation is 2. The Labute approximate surface area is 206 Å². The molecule has 0 bridgehead atoms. The Bertz CT molecular complexity index is 1320. The van der Waals surface area contributed by atoms with Crippen LogP contribution >= 0.6 is 35.6 Å². The minimum absolute atomic E-state index is 0.188. The lowest BCUT2D eigenvalue weighted by Crippen LogP contribution is -2.35. The van der Waals surface area contributed by atoms with Gasteiger partial charge in [-0.1, -0.05) is 30.7 Å². The van der Waals surface area contributed by atoms with Crippen LogP contribution in [0.4, 0.5) is 5.69 Å². The fraction of sp³-hybridized carbons (Fsp3) is 0.160. The first-order valence-corrected chi connectivity index (χ1v) is 12.2. The van der Waals surface area contributed by atoms with Gasteiger partial charge in [0.2, 0.25) is 11.8 Å². The fourth-order valence-corrected chi connectivity index (χ4v) is 4.25. The maximum absolute atomic E-state index is 12.3. The molecule has 0 unspecified atom stereocenters. The number of carbonyl (C=O) groups is 1. The number of hydrogen-bond donors (Lipinski definition) is 2. The van der Waals surface area contributed by atoms with Crippen molar-refractivity contribution in [2.45, 2.75) is 25.2 Å². The van der Waals surface area contributed by atoms with Crippen molar-refractivity contribution in [1.82, 2.24) is 10.3 Å². The molecule has 0 aliphatic heterocycles. The molecule has 1 aromatic heterocycles. The van der Waals surface area contributed by atoms with Gasteiger partial charge in [0, 0.05) is 21.2 Å². The van der Waals surface area contributed by atoms with E-state index in [2.05, 4.69) is 22.5 Å². The molecule has 1 heterocycles. The largest absolute Gasteiger partial charge is 0.436 e. The molecule has 168 valence electrons. The highest BCUT2D eigenvalue weighted by molar-refractivity contribution is 8.00. The summed E-state index contributed by atoms with van der Waals surface area (Å²) >= 11 is 12.7. The summed E-state index contributed by atoms with van der Waals surface area (Å²) in [6, 6.07) is 19.2. The van der Waals surface area contributed by atoms with Gasteiger partial charge in [-0.15, -0.1) is 11.8 Å². The monoisotopic (exact) mass is 495 g/mol. The molecule has 0 fully saturated rings. The molecule has 0 atom stereocenters. The third kappa shape index (κ3) is 5.93. The zero-order valence-corrected chi connectivity index (χ0v) is 20.5. The molecule has 0 radical (unpaired) electrons. The van der Waals surface area contributed by atoms with Gasteiger partial charge in [0.1, 0.15) is 5.52 Å². The zero-order valence-electron chi connectivity index (χ0n) is 18.1. The molecule has 2 N–H and O–H groups in total. The quantitative estimate of drug-likeness (QED) is 0.231. The van der Waals surface area contributed by atoms with Crippen LogP contribution in [-0.2, 0) is 11.2 Å². The van der Waals surface area contributed by atoms with Gasteiger partial charge in [-0.2, -0.15) is 0 Å². The Kier molecular flexibility index (Phi) is 7.33. The van der Waals surface area contributed by atoms with Crippen LogP contribution in [0, 0.1) is 6.92 Å². The minimum Gasteiger partial charge on any atom is -0.436 e. The second kappa shape index (κ2) is 10.4. The van der Waals surface area contributed by atoms with Gasteiger partial charge >= 0.3 is 0 Å². The maximum Gasteiger partial charge on any atom is 0.236 e. The predicted octanol–water partition coefficient (Wildman–Crippen LogP) is 6.62. The third-order valence-corrected chi connectivity index (χ3v) is 6.50. The van der Waals surface area contributed by atoms with Crippen LogP contribution in [0.15, 0.2) is 70.0 Å². The van der Waals surface area contributed by atoms with Crippen molar-refractivity contribution in [3.63, 3.8) is 0 Å². The Morgan fingerprint density at radius 1 is 1.12 bits per heavy atom. The number of benzene rings is 3. The normalized spacial score (nSPS) is 10.9. The molecule has 0 aliphatic rings. The molecule has 0 saturated heterocycles. The summed E-state index contributed by atoms with van der Waals surface area (Å²) in [6.45, 7) is 4.07. The van der Waals surface area contributed by atoms with Gasteiger partial charge in [-0.3, -0.25) is 4.79 Å². The number of nitrogens with zero attached hydrogens (tertiary/aromatic N) is 1. The first kappa shape index (κ1) is 23.3. The van der Waals surface area contributed by atoms with Crippen LogP contribution in [-0.4, -0.2) is 21.8 Å². The molecule has 33 heavy (non-hydrogen) atoms. The van der Waals surface area contributed by atoms with E-state index in [9.17, 15) is 4.79 Å². The van der Waals surface area contributed by atoms with E-state index in [0.29, 0.717) is 10.9 Å². The Morgan fingerprint density at radius 2 is 1.91 bits per heavy atom. The van der Waals surface area contributed by atoms with Crippen LogP contribution in [0.25, 0.3) is 22.6 Å². The van der Waals surface area contributed by atoms with Crippen LogP contribution in [0.1, 0.15) is 18.1 Å². The van der Waals surface area contributed by atoms with E-state index in [1.54, 1.807) is 12.1 Å². The topological polar surface area (TPSA) is 67.2 Å². The number of anilines is 1. The summed E-state index contributed by atoms with van der Waals surface area (Å²) < 4.78 is 5.95. The summed E-state index contributed by atoms with van der Waals surface area (Å²) in [4.78, 5) is 17.9. The van der Waals surface area contributed by atoms with Gasteiger partial charge < -0.3 is 15.1 Å². The summed E-state index contributed by atoms with van der Waals surface area (Å²) in [6.07, 6.45) is 0.943. The molecule has 0 saturated carbocycles. The molecule has 0 aliphatic carbocycles. The van der Waals surface area contributed by atoms with Gasteiger partial charge in [0.25, 0.3) is 0 Å². The maximum atomic E-state index is 12.3. The number of oxazole rings is 1. The lowest BCUT2D eigenvalue weighted by molar-refractivity contribution is -0.117. The number of amides is 1. The van der Waals surface area contributed by atoms with E-state index in [0.717, 1.165) is 39.2 Å². The standard InChI is InChI=1S/C25H22ClN3O2S2/c1-3-16-5-11-22-21(12-16)27-24(31-22)17-6-4-15(2)20(13-17)28-25(32)29-23(30)14-33-19-9-7-18(26)8-10-19/h4-13H,3,14H2,1-2H3,(H2,28,29,30,32). The molecule has 8 heteroatoms. The molecular weight excluding hydrogens is 474 g/mol. The van der Waals surface area contributed by atoms with E-state index in [1.807, 2.05) is 55.5 Å². The third-order valence-electron chi connectivity index (χ3n) is 5.03. The Morgan fingerprint density at radius 3 is 2.67 bits per heavy atom. The van der Waals surface area contributed by atoms with Crippen molar-refractivity contribution in [3.8, 4) is 11.5 Å². The molecule has 0 spiro atoms. The summed E-state index contributed by atoms with van der Waals surface area (Å²) in [5.41, 5.74) is 5.38. The molecule has 4 rings (SSSR count). The number of thiocarbonyl (C=S) groups is 1. The average Bonchev–Trinajstić information content (AvgIpc) is 3.23. The lowest BCUT2D eigenvalue weighted by Gasteiger charge is -2.12. The number of fused-ring (bicyclic) bond motifs is 1. The van der Waals surface area contributed by atoms with E-state index >= 15 is 0 Å². The molecule has 4 aromatic rings. The van der Waals surface area contributed by atoms with Gasteiger partial charge in [-0.25, -0.2) is 4.98 Å². The second-order valence-corrected chi connectivity index (χ2v) is 9.34. The fourth-order valence-electron chi connectivity index (χ4n) is 3.20. The van der Waals surface area contributed by atoms with Crippen LogP contribution < -0.4 is 10.6 Å². The molecule has 1 amide bonds. The summed E-state index contributed by atoms with van der Waals surface area (Å²) in [7, 11) is 0. The number of nitrogens with one attached hydrogen (secondary N) is 2. The Hall–Kier alpha value is -2.87. The van der Waals surface area contributed by atoms with Crippen LogP contribution in [0.2, 0.25) is 5.02 Å². The number of hydrogen-bond acceptors (Lipinski definition) is 5. The van der Waals surface area contributed by atoms with E-state index < -0.39 is 0 Å². The molecule has 3 aromatic carbocycles. The summed E-state index contributed by atoms with van der Waals surface area (Å²) in [5, 5.41) is 6.74. The highest BCUT2D eigenvalue weighted by Gasteiger charge is 2.12. The smallest absolute Gasteiger partial charge is 0.236 e. The first-order valence-electron chi connectivity index (χ1n) is 10.4. The van der Waals surface area contributed by atoms with Crippen molar-refractivity contribution in [2.24, 2.45) is 0 Å². The van der Waals surface area contributed by atoms with Crippen LogP contribution in [0.3, 0.4) is 0 Å². The van der Waals surface area contributed by atoms with Crippen molar-refractivity contribution in [1.29, 1.82) is 0 Å². The van der Waals surface area contributed by atoms with E-state index in [4.69, 9.17) is 28.2 Å². The highest BCUT2D eigenvalue weighted by atomic mass is 35.5. The number of aromatic nitrogens is 1. The van der Waals surface area contributed by atoms with Gasteiger partial charge in [-0.05, 0) is 85.2 Å².